The van der Waals surface area contributed by atoms with Crippen molar-refractivity contribution in [3.63, 3.8) is 0 Å². The lowest BCUT2D eigenvalue weighted by Gasteiger charge is -2.34. The number of carbonyl (C=O) groups is 1. The molecule has 5 heteroatoms. The first-order chi connectivity index (χ1) is 13.4. The molecule has 2 aromatic rings. The summed E-state index contributed by atoms with van der Waals surface area (Å²) in [6, 6.07) is 14.2. The van der Waals surface area contributed by atoms with Gasteiger partial charge >= 0.3 is 6.09 Å². The van der Waals surface area contributed by atoms with Gasteiger partial charge in [-0.1, -0.05) is 24.3 Å². The number of nitrogens with zero attached hydrogens (tertiary/aromatic N) is 1. The predicted molar refractivity (Wildman–Crippen MR) is 110 cm³/mol. The van der Waals surface area contributed by atoms with Gasteiger partial charge in [-0.2, -0.15) is 0 Å². The SMILES string of the molecule is CC(C)(C)OC(=O)N1CCC(Cc2cccc3c2Nc2ccccc2O3)CC1. The van der Waals surface area contributed by atoms with Crippen LogP contribution in [0.5, 0.6) is 11.5 Å². The largest absolute Gasteiger partial charge is 0.453 e. The molecule has 0 bridgehead atoms. The van der Waals surface area contributed by atoms with E-state index in [1.807, 2.05) is 56.0 Å². The van der Waals surface area contributed by atoms with Crippen LogP contribution in [0, 0.1) is 5.92 Å². The van der Waals surface area contributed by atoms with Crippen molar-refractivity contribution in [2.24, 2.45) is 5.92 Å². The first kappa shape index (κ1) is 18.7. The van der Waals surface area contributed by atoms with E-state index in [0.29, 0.717) is 5.92 Å². The van der Waals surface area contributed by atoms with E-state index in [1.165, 1.54) is 5.56 Å². The van der Waals surface area contributed by atoms with Crippen LogP contribution in [0.1, 0.15) is 39.2 Å². The molecule has 1 N–H and O–H groups in total. The van der Waals surface area contributed by atoms with Gasteiger partial charge in [0, 0.05) is 13.1 Å². The van der Waals surface area contributed by atoms with Crippen LogP contribution in [-0.2, 0) is 11.2 Å². The fourth-order valence-electron chi connectivity index (χ4n) is 3.84. The number of ether oxygens (including phenoxy) is 2. The first-order valence-electron chi connectivity index (χ1n) is 10.0. The maximum atomic E-state index is 12.3. The monoisotopic (exact) mass is 380 g/mol. The summed E-state index contributed by atoms with van der Waals surface area (Å²) < 4.78 is 11.6. The Bertz CT molecular complexity index is 864. The van der Waals surface area contributed by atoms with E-state index >= 15 is 0 Å². The number of fused-ring (bicyclic) bond motifs is 2. The van der Waals surface area contributed by atoms with Crippen molar-refractivity contribution < 1.29 is 14.3 Å². The topological polar surface area (TPSA) is 50.8 Å². The highest BCUT2D eigenvalue weighted by atomic mass is 16.6. The summed E-state index contributed by atoms with van der Waals surface area (Å²) in [6.45, 7) is 7.22. The molecule has 0 unspecified atom stereocenters. The number of likely N-dealkylation sites (tertiary alicyclic amines) is 1. The van der Waals surface area contributed by atoms with Crippen LogP contribution in [0.25, 0.3) is 0 Å². The normalized spacial score (nSPS) is 16.5. The fourth-order valence-corrected chi connectivity index (χ4v) is 3.84. The van der Waals surface area contributed by atoms with E-state index in [1.54, 1.807) is 0 Å². The Balaban J connectivity index is 1.40. The summed E-state index contributed by atoms with van der Waals surface area (Å²) in [6.07, 6.45) is 2.75. The lowest BCUT2D eigenvalue weighted by atomic mass is 9.89. The number of hydrogen-bond acceptors (Lipinski definition) is 4. The van der Waals surface area contributed by atoms with E-state index in [2.05, 4.69) is 17.4 Å². The van der Waals surface area contributed by atoms with Gasteiger partial charge in [0.2, 0.25) is 0 Å². The van der Waals surface area contributed by atoms with E-state index < -0.39 is 5.60 Å². The third-order valence-electron chi connectivity index (χ3n) is 5.25. The molecule has 0 spiro atoms. The summed E-state index contributed by atoms with van der Waals surface area (Å²) in [7, 11) is 0. The van der Waals surface area contributed by atoms with Crippen LogP contribution in [0.4, 0.5) is 16.2 Å². The lowest BCUT2D eigenvalue weighted by Crippen LogP contribution is -2.42. The highest BCUT2D eigenvalue weighted by molar-refractivity contribution is 5.77. The highest BCUT2D eigenvalue weighted by Crippen LogP contribution is 2.44. The Hall–Kier alpha value is -2.69. The second kappa shape index (κ2) is 7.38. The molecule has 0 radical (unpaired) electrons. The standard InChI is InChI=1S/C23H28N2O3/c1-23(2,3)28-22(26)25-13-11-16(12-14-25)15-17-7-6-10-20-21(17)24-18-8-4-5-9-19(18)27-20/h4-10,16,24H,11-15H2,1-3H3. The molecule has 2 heterocycles. The molecule has 148 valence electrons. The Morgan fingerprint density at radius 2 is 1.82 bits per heavy atom. The summed E-state index contributed by atoms with van der Waals surface area (Å²) in [5, 5.41) is 3.54. The molecule has 0 saturated carbocycles. The van der Waals surface area contributed by atoms with Crippen LogP contribution < -0.4 is 10.1 Å². The molecule has 1 amide bonds. The van der Waals surface area contributed by atoms with Crippen LogP contribution in [0.3, 0.4) is 0 Å². The van der Waals surface area contributed by atoms with Crippen molar-refractivity contribution in [1.29, 1.82) is 0 Å². The quantitative estimate of drug-likeness (QED) is 0.617. The number of hydrogen-bond donors (Lipinski definition) is 1. The van der Waals surface area contributed by atoms with Crippen molar-refractivity contribution in [3.05, 3.63) is 48.0 Å². The van der Waals surface area contributed by atoms with Gasteiger partial charge in [-0.05, 0) is 69.7 Å². The first-order valence-corrected chi connectivity index (χ1v) is 10.0. The van der Waals surface area contributed by atoms with E-state index in [9.17, 15) is 4.79 Å². The second-order valence-corrected chi connectivity index (χ2v) is 8.63. The van der Waals surface area contributed by atoms with Gasteiger partial charge in [0.15, 0.2) is 11.5 Å². The molecule has 2 aromatic carbocycles. The summed E-state index contributed by atoms with van der Waals surface area (Å²) >= 11 is 0. The third kappa shape index (κ3) is 4.08. The Labute approximate surface area is 166 Å². The molecule has 5 nitrogen and oxygen atoms in total. The van der Waals surface area contributed by atoms with Gasteiger partial charge in [-0.25, -0.2) is 4.79 Å². The zero-order valence-corrected chi connectivity index (χ0v) is 16.8. The Morgan fingerprint density at radius 1 is 1.11 bits per heavy atom. The van der Waals surface area contributed by atoms with Gasteiger partial charge < -0.3 is 19.7 Å². The number of anilines is 2. The minimum atomic E-state index is -0.445. The number of nitrogens with one attached hydrogen (secondary N) is 1. The minimum Gasteiger partial charge on any atom is -0.453 e. The zero-order valence-electron chi connectivity index (χ0n) is 16.8. The van der Waals surface area contributed by atoms with Crippen LogP contribution >= 0.6 is 0 Å². The molecule has 0 atom stereocenters. The van der Waals surface area contributed by atoms with Gasteiger partial charge in [0.05, 0.1) is 11.4 Å². The maximum Gasteiger partial charge on any atom is 0.410 e. The number of piperidine rings is 1. The molecule has 1 fully saturated rings. The maximum absolute atomic E-state index is 12.3. The van der Waals surface area contributed by atoms with Crippen molar-refractivity contribution in [3.8, 4) is 11.5 Å². The minimum absolute atomic E-state index is 0.199. The number of para-hydroxylation sites is 3. The number of benzene rings is 2. The van der Waals surface area contributed by atoms with Crippen LogP contribution in [0.2, 0.25) is 0 Å². The zero-order chi connectivity index (χ0) is 19.7. The van der Waals surface area contributed by atoms with Gasteiger partial charge in [0.1, 0.15) is 5.60 Å². The summed E-state index contributed by atoms with van der Waals surface area (Å²) in [5.74, 6) is 2.28. The lowest BCUT2D eigenvalue weighted by molar-refractivity contribution is 0.0184. The fraction of sp³-hybridized carbons (Fsp3) is 0.435. The summed E-state index contributed by atoms with van der Waals surface area (Å²) in [5.41, 5.74) is 2.89. The Kier molecular flexibility index (Phi) is 4.92. The molecule has 4 rings (SSSR count). The molecular weight excluding hydrogens is 352 g/mol. The molecule has 2 aliphatic rings. The number of rotatable bonds is 2. The average Bonchev–Trinajstić information content (AvgIpc) is 2.66. The number of amides is 1. The molecule has 1 saturated heterocycles. The van der Waals surface area contributed by atoms with Crippen LogP contribution in [-0.4, -0.2) is 29.7 Å². The average molecular weight is 380 g/mol. The van der Waals surface area contributed by atoms with Crippen molar-refractivity contribution in [2.75, 3.05) is 18.4 Å². The van der Waals surface area contributed by atoms with Gasteiger partial charge in [0.25, 0.3) is 0 Å². The van der Waals surface area contributed by atoms with Gasteiger partial charge in [-0.15, -0.1) is 0 Å². The van der Waals surface area contributed by atoms with Crippen LogP contribution in [0.15, 0.2) is 42.5 Å². The molecule has 0 aromatic heterocycles. The summed E-state index contributed by atoms with van der Waals surface area (Å²) in [4.78, 5) is 14.1. The predicted octanol–water partition coefficient (Wildman–Crippen LogP) is 5.73. The van der Waals surface area contributed by atoms with Crippen molar-refractivity contribution in [2.45, 2.75) is 45.6 Å². The van der Waals surface area contributed by atoms with Crippen molar-refractivity contribution in [1.82, 2.24) is 4.90 Å². The number of carbonyl (C=O) groups excluding carboxylic acids is 1. The molecular formula is C23H28N2O3. The van der Waals surface area contributed by atoms with E-state index in [4.69, 9.17) is 9.47 Å². The smallest absolute Gasteiger partial charge is 0.410 e. The highest BCUT2D eigenvalue weighted by Gasteiger charge is 2.28. The third-order valence-corrected chi connectivity index (χ3v) is 5.25. The molecule has 2 aliphatic heterocycles. The van der Waals surface area contributed by atoms with E-state index in [-0.39, 0.29) is 6.09 Å². The molecule has 28 heavy (non-hydrogen) atoms. The van der Waals surface area contributed by atoms with E-state index in [0.717, 1.165) is 55.2 Å². The molecule has 0 aliphatic carbocycles. The van der Waals surface area contributed by atoms with Crippen molar-refractivity contribution >= 4 is 17.5 Å². The van der Waals surface area contributed by atoms with Gasteiger partial charge in [-0.3, -0.25) is 0 Å². The Morgan fingerprint density at radius 3 is 2.57 bits per heavy atom. The second-order valence-electron chi connectivity index (χ2n) is 8.63.